The third-order valence-corrected chi connectivity index (χ3v) is 6.06. The van der Waals surface area contributed by atoms with Crippen molar-refractivity contribution in [3.63, 3.8) is 0 Å². The van der Waals surface area contributed by atoms with Crippen LogP contribution in [0.4, 0.5) is 14.7 Å². The minimum absolute atomic E-state index is 0.160. The van der Waals surface area contributed by atoms with E-state index >= 15 is 0 Å². The summed E-state index contributed by atoms with van der Waals surface area (Å²) < 4.78 is 13.7. The first-order valence-corrected chi connectivity index (χ1v) is 10.9. The normalized spacial score (nSPS) is 11.0. The molecule has 0 unspecified atom stereocenters. The highest BCUT2D eigenvalue weighted by atomic mass is 32.2. The van der Waals surface area contributed by atoms with E-state index in [0.29, 0.717) is 16.7 Å². The average molecular weight is 424 g/mol. The van der Waals surface area contributed by atoms with Crippen molar-refractivity contribution in [3.8, 4) is 11.3 Å². The van der Waals surface area contributed by atoms with Crippen molar-refractivity contribution in [2.45, 2.75) is 18.2 Å². The van der Waals surface area contributed by atoms with E-state index in [1.54, 1.807) is 12.1 Å². The number of nitrogens with zero attached hydrogens (tertiary/aromatic N) is 3. The van der Waals surface area contributed by atoms with Gasteiger partial charge in [0, 0.05) is 17.5 Å². The van der Waals surface area contributed by atoms with Crippen molar-refractivity contribution in [2.75, 3.05) is 22.9 Å². The Morgan fingerprint density at radius 2 is 2.00 bits per heavy atom. The number of halogens is 1. The first kappa shape index (κ1) is 19.7. The van der Waals surface area contributed by atoms with Gasteiger partial charge in [-0.25, -0.2) is 9.37 Å². The Morgan fingerprint density at radius 1 is 1.22 bits per heavy atom. The summed E-state index contributed by atoms with van der Waals surface area (Å²) in [7, 11) is 0. The molecule has 0 saturated heterocycles. The van der Waals surface area contributed by atoms with Crippen LogP contribution >= 0.6 is 34.4 Å². The average Bonchev–Trinajstić information content (AvgIpc) is 3.28. The fourth-order valence-electron chi connectivity index (χ4n) is 2.00. The molecule has 2 aromatic heterocycles. The van der Waals surface area contributed by atoms with Gasteiger partial charge >= 0.3 is 0 Å². The van der Waals surface area contributed by atoms with Gasteiger partial charge < -0.3 is 10.6 Å². The number of hydrogen-bond acceptors (Lipinski definition) is 8. The van der Waals surface area contributed by atoms with Crippen LogP contribution < -0.4 is 10.6 Å². The Labute approximate surface area is 168 Å². The molecular weight excluding hydrogens is 405 g/mol. The van der Waals surface area contributed by atoms with E-state index in [0.717, 1.165) is 21.6 Å². The van der Waals surface area contributed by atoms with Gasteiger partial charge in [0.2, 0.25) is 11.0 Å². The lowest BCUT2D eigenvalue weighted by molar-refractivity contribution is -0.113. The van der Waals surface area contributed by atoms with Crippen LogP contribution in [0.15, 0.2) is 34.0 Å². The van der Waals surface area contributed by atoms with Crippen molar-refractivity contribution in [3.05, 3.63) is 35.5 Å². The fourth-order valence-corrected chi connectivity index (χ4v) is 4.29. The van der Waals surface area contributed by atoms with Gasteiger partial charge in [0.1, 0.15) is 5.82 Å². The number of thiazole rings is 1. The molecule has 0 aliphatic rings. The summed E-state index contributed by atoms with van der Waals surface area (Å²) in [6, 6.07) is 6.09. The number of nitrogens with one attached hydrogen (secondary N) is 2. The summed E-state index contributed by atoms with van der Waals surface area (Å²) >= 11 is 4.10. The molecule has 10 heteroatoms. The molecule has 142 valence electrons. The number of aromatic nitrogens is 3. The summed E-state index contributed by atoms with van der Waals surface area (Å²) in [5, 5.41) is 17.2. The van der Waals surface area contributed by atoms with Crippen LogP contribution in [0.5, 0.6) is 0 Å². The topological polar surface area (TPSA) is 79.8 Å². The van der Waals surface area contributed by atoms with Crippen LogP contribution in [0, 0.1) is 11.7 Å². The molecule has 27 heavy (non-hydrogen) atoms. The van der Waals surface area contributed by atoms with Gasteiger partial charge in [-0.05, 0) is 30.2 Å². The molecule has 3 rings (SSSR count). The molecule has 3 aromatic rings. The quantitative estimate of drug-likeness (QED) is 0.516. The second-order valence-electron chi connectivity index (χ2n) is 6.03. The van der Waals surface area contributed by atoms with Crippen LogP contribution in [0.3, 0.4) is 0 Å². The summed E-state index contributed by atoms with van der Waals surface area (Å²) in [6.45, 7) is 5.07. The maximum atomic E-state index is 13.0. The van der Waals surface area contributed by atoms with Crippen LogP contribution in [0.25, 0.3) is 11.3 Å². The molecule has 1 amide bonds. The Balaban J connectivity index is 1.49. The zero-order valence-corrected chi connectivity index (χ0v) is 17.2. The Morgan fingerprint density at radius 3 is 2.74 bits per heavy atom. The number of hydrogen-bond donors (Lipinski definition) is 2. The van der Waals surface area contributed by atoms with E-state index in [-0.39, 0.29) is 17.5 Å². The van der Waals surface area contributed by atoms with Crippen LogP contribution in [0.2, 0.25) is 0 Å². The number of carbonyl (C=O) groups excluding carboxylic acids is 1. The predicted octanol–water partition coefficient (Wildman–Crippen LogP) is 4.60. The molecular formula is C17H18FN5OS3. The van der Waals surface area contributed by atoms with Gasteiger partial charge in [-0.1, -0.05) is 36.9 Å². The third kappa shape index (κ3) is 5.98. The number of anilines is 2. The maximum absolute atomic E-state index is 13.0. The molecule has 0 bridgehead atoms. The highest BCUT2D eigenvalue weighted by molar-refractivity contribution is 8.01. The lowest BCUT2D eigenvalue weighted by Crippen LogP contribution is -2.13. The van der Waals surface area contributed by atoms with Crippen molar-refractivity contribution < 1.29 is 9.18 Å². The third-order valence-electron chi connectivity index (χ3n) is 3.29. The minimum Gasteiger partial charge on any atom is -0.360 e. The molecule has 1 aromatic carbocycles. The number of amides is 1. The molecule has 0 saturated carbocycles. The van der Waals surface area contributed by atoms with Gasteiger partial charge in [0.05, 0.1) is 11.4 Å². The van der Waals surface area contributed by atoms with Crippen molar-refractivity contribution in [2.24, 2.45) is 5.92 Å². The van der Waals surface area contributed by atoms with Gasteiger partial charge in [-0.3, -0.25) is 4.79 Å². The number of carbonyl (C=O) groups is 1. The lowest BCUT2D eigenvalue weighted by Gasteiger charge is -2.03. The number of benzene rings is 1. The van der Waals surface area contributed by atoms with Crippen molar-refractivity contribution in [1.29, 1.82) is 0 Å². The zero-order chi connectivity index (χ0) is 19.2. The lowest BCUT2D eigenvalue weighted by atomic mass is 10.2. The molecule has 0 fully saturated rings. The van der Waals surface area contributed by atoms with E-state index in [9.17, 15) is 9.18 Å². The highest BCUT2D eigenvalue weighted by Gasteiger charge is 2.11. The van der Waals surface area contributed by atoms with Crippen molar-refractivity contribution in [1.82, 2.24) is 15.2 Å². The molecule has 2 heterocycles. The summed E-state index contributed by atoms with van der Waals surface area (Å²) in [5.41, 5.74) is 1.51. The molecule has 6 nitrogen and oxygen atoms in total. The monoisotopic (exact) mass is 423 g/mol. The maximum Gasteiger partial charge on any atom is 0.236 e. The number of rotatable bonds is 8. The van der Waals surface area contributed by atoms with Gasteiger partial charge in [-0.15, -0.1) is 21.5 Å². The minimum atomic E-state index is -0.293. The van der Waals surface area contributed by atoms with Crippen LogP contribution in [0.1, 0.15) is 13.8 Å². The predicted molar refractivity (Wildman–Crippen MR) is 110 cm³/mol. The summed E-state index contributed by atoms with van der Waals surface area (Å²) in [5.74, 6) is 0.295. The molecule has 0 spiro atoms. The molecule has 0 atom stereocenters. The largest absolute Gasteiger partial charge is 0.360 e. The fraction of sp³-hybridized carbons (Fsp3) is 0.294. The van der Waals surface area contributed by atoms with Crippen molar-refractivity contribution >= 4 is 50.6 Å². The Hall–Kier alpha value is -2.04. The van der Waals surface area contributed by atoms with E-state index in [1.165, 1.54) is 46.6 Å². The van der Waals surface area contributed by atoms with Gasteiger partial charge in [0.15, 0.2) is 9.47 Å². The van der Waals surface area contributed by atoms with E-state index < -0.39 is 0 Å². The highest BCUT2D eigenvalue weighted by Crippen LogP contribution is 2.27. The van der Waals surface area contributed by atoms with E-state index in [1.807, 2.05) is 5.38 Å². The Kier molecular flexibility index (Phi) is 6.75. The smallest absolute Gasteiger partial charge is 0.236 e. The van der Waals surface area contributed by atoms with Crippen LogP contribution in [-0.2, 0) is 4.79 Å². The second-order valence-corrected chi connectivity index (χ2v) is 9.09. The molecule has 0 aliphatic carbocycles. The van der Waals surface area contributed by atoms with E-state index in [2.05, 4.69) is 39.7 Å². The van der Waals surface area contributed by atoms with Gasteiger partial charge in [0.25, 0.3) is 0 Å². The Bertz CT molecular complexity index is 894. The van der Waals surface area contributed by atoms with Crippen LogP contribution in [-0.4, -0.2) is 33.4 Å². The summed E-state index contributed by atoms with van der Waals surface area (Å²) in [4.78, 5) is 16.5. The van der Waals surface area contributed by atoms with Gasteiger partial charge in [-0.2, -0.15) is 0 Å². The SMILES string of the molecule is CC(C)CNc1nnc(SCC(=O)Nc2nc(-c3ccc(F)cc3)cs2)s1. The molecule has 0 radical (unpaired) electrons. The molecule has 0 aliphatic heterocycles. The van der Waals surface area contributed by atoms with E-state index in [4.69, 9.17) is 0 Å². The summed E-state index contributed by atoms with van der Waals surface area (Å²) in [6.07, 6.45) is 0. The first-order valence-electron chi connectivity index (χ1n) is 8.21. The molecule has 2 N–H and O–H groups in total. The number of thioether (sulfide) groups is 1. The first-order chi connectivity index (χ1) is 13.0. The zero-order valence-electron chi connectivity index (χ0n) is 14.7. The second kappa shape index (κ2) is 9.25. The standard InChI is InChI=1S/C17H18FN5OS3/c1-10(2)7-19-15-22-23-17(27-15)26-9-14(24)21-16-20-13(8-25-16)11-3-5-12(18)6-4-11/h3-6,8,10H,7,9H2,1-2H3,(H,19,22)(H,20,21,24).